The summed E-state index contributed by atoms with van der Waals surface area (Å²) in [6.07, 6.45) is 3.39. The number of benzene rings is 1. The van der Waals surface area contributed by atoms with Gasteiger partial charge in [-0.1, -0.05) is 0 Å². The lowest BCUT2D eigenvalue weighted by Crippen LogP contribution is -2.31. The molecule has 5 rings (SSSR count). The Labute approximate surface area is 185 Å². The van der Waals surface area contributed by atoms with Crippen LogP contribution in [0.3, 0.4) is 0 Å². The quantitative estimate of drug-likeness (QED) is 0.630. The van der Waals surface area contributed by atoms with Crippen LogP contribution in [0.2, 0.25) is 0 Å². The van der Waals surface area contributed by atoms with E-state index in [1.165, 1.54) is 12.1 Å². The molecule has 32 heavy (non-hydrogen) atoms. The summed E-state index contributed by atoms with van der Waals surface area (Å²) in [7, 11) is 5.12. The van der Waals surface area contributed by atoms with Gasteiger partial charge in [-0.05, 0) is 42.7 Å². The zero-order valence-electron chi connectivity index (χ0n) is 18.3. The Morgan fingerprint density at radius 1 is 1.25 bits per heavy atom. The molecule has 1 amide bonds. The molecular weight excluding hydrogens is 411 g/mol. The number of nitrogens with zero attached hydrogens (tertiary/aromatic N) is 5. The highest BCUT2D eigenvalue weighted by atomic mass is 19.1. The summed E-state index contributed by atoms with van der Waals surface area (Å²) in [6, 6.07) is 6.20. The van der Waals surface area contributed by atoms with Crippen LogP contribution in [0, 0.1) is 5.82 Å². The SMILES string of the molecule is COc1c2c(nn1C)CN(C)C(=O)c1ccc(F)cc1[C@H]1CCCN1c1cc-2cnc1N. The second kappa shape index (κ2) is 7.51. The van der Waals surface area contributed by atoms with Crippen molar-refractivity contribution in [3.8, 4) is 17.0 Å². The molecule has 166 valence electrons. The molecule has 4 heterocycles. The van der Waals surface area contributed by atoms with Crippen molar-refractivity contribution >= 4 is 17.4 Å². The van der Waals surface area contributed by atoms with Gasteiger partial charge in [0, 0.05) is 38.0 Å². The average molecular weight is 436 g/mol. The molecule has 1 aromatic carbocycles. The number of halogens is 1. The third-order valence-electron chi connectivity index (χ3n) is 6.35. The van der Waals surface area contributed by atoms with E-state index in [1.807, 2.05) is 6.07 Å². The number of pyridine rings is 1. The van der Waals surface area contributed by atoms with Crippen LogP contribution < -0.4 is 15.4 Å². The molecule has 2 bridgehead atoms. The first kappa shape index (κ1) is 20.3. The molecule has 0 unspecified atom stereocenters. The lowest BCUT2D eigenvalue weighted by molar-refractivity contribution is 0.0781. The zero-order chi connectivity index (χ0) is 22.6. The molecule has 1 saturated heterocycles. The van der Waals surface area contributed by atoms with Crippen molar-refractivity contribution in [2.45, 2.75) is 25.4 Å². The summed E-state index contributed by atoms with van der Waals surface area (Å²) >= 11 is 0. The summed E-state index contributed by atoms with van der Waals surface area (Å²) in [4.78, 5) is 21.7. The van der Waals surface area contributed by atoms with Crippen LogP contribution in [0.4, 0.5) is 15.9 Å². The second-order valence-corrected chi connectivity index (χ2v) is 8.33. The van der Waals surface area contributed by atoms with Gasteiger partial charge in [-0.3, -0.25) is 4.79 Å². The van der Waals surface area contributed by atoms with E-state index in [-0.39, 0.29) is 24.3 Å². The minimum absolute atomic E-state index is 0.174. The fraction of sp³-hybridized carbons (Fsp3) is 0.348. The highest BCUT2D eigenvalue weighted by Crippen LogP contribution is 2.43. The number of hydrogen-bond donors (Lipinski definition) is 1. The van der Waals surface area contributed by atoms with Crippen molar-refractivity contribution in [3.05, 3.63) is 53.1 Å². The minimum Gasteiger partial charge on any atom is -0.481 e. The van der Waals surface area contributed by atoms with Crippen LogP contribution in [0.5, 0.6) is 5.88 Å². The molecule has 2 aromatic heterocycles. The maximum absolute atomic E-state index is 14.3. The Bertz CT molecular complexity index is 1220. The van der Waals surface area contributed by atoms with Gasteiger partial charge in [-0.15, -0.1) is 0 Å². The number of anilines is 2. The molecule has 2 aliphatic heterocycles. The van der Waals surface area contributed by atoms with Crippen molar-refractivity contribution in [2.24, 2.45) is 7.05 Å². The number of nitrogens with two attached hydrogens (primary N) is 1. The molecule has 2 N–H and O–H groups in total. The fourth-order valence-electron chi connectivity index (χ4n) is 4.91. The lowest BCUT2D eigenvalue weighted by Gasteiger charge is -2.30. The van der Waals surface area contributed by atoms with Crippen molar-refractivity contribution in [2.75, 3.05) is 31.3 Å². The van der Waals surface area contributed by atoms with E-state index in [2.05, 4.69) is 15.0 Å². The number of amides is 1. The van der Waals surface area contributed by atoms with Gasteiger partial charge in [0.1, 0.15) is 11.6 Å². The number of hydrogen-bond acceptors (Lipinski definition) is 6. The summed E-state index contributed by atoms with van der Waals surface area (Å²) in [5.74, 6) is 0.423. The molecule has 3 aromatic rings. The number of aromatic nitrogens is 3. The van der Waals surface area contributed by atoms with Gasteiger partial charge in [0.15, 0.2) is 0 Å². The summed E-state index contributed by atoms with van der Waals surface area (Å²) in [5.41, 5.74) is 10.5. The van der Waals surface area contributed by atoms with Crippen molar-refractivity contribution in [1.82, 2.24) is 19.7 Å². The fourth-order valence-corrected chi connectivity index (χ4v) is 4.91. The number of rotatable bonds is 1. The number of nitrogen functional groups attached to an aromatic ring is 1. The van der Waals surface area contributed by atoms with Gasteiger partial charge in [-0.2, -0.15) is 5.10 Å². The maximum Gasteiger partial charge on any atom is 0.254 e. The largest absolute Gasteiger partial charge is 0.481 e. The van der Waals surface area contributed by atoms with Crippen LogP contribution in [0.15, 0.2) is 30.5 Å². The Morgan fingerprint density at radius 3 is 2.84 bits per heavy atom. The normalized spacial score (nSPS) is 17.9. The monoisotopic (exact) mass is 436 g/mol. The van der Waals surface area contributed by atoms with Crippen LogP contribution in [0.1, 0.15) is 40.5 Å². The molecule has 0 saturated carbocycles. The van der Waals surface area contributed by atoms with Crippen molar-refractivity contribution in [1.29, 1.82) is 0 Å². The number of methoxy groups -OCH3 is 1. The second-order valence-electron chi connectivity index (χ2n) is 8.33. The van der Waals surface area contributed by atoms with E-state index in [1.54, 1.807) is 43.1 Å². The topological polar surface area (TPSA) is 89.5 Å². The Balaban J connectivity index is 1.79. The maximum atomic E-state index is 14.3. The highest BCUT2D eigenvalue weighted by Gasteiger charge is 2.33. The van der Waals surface area contributed by atoms with Gasteiger partial charge < -0.3 is 20.3 Å². The van der Waals surface area contributed by atoms with E-state index in [4.69, 9.17) is 10.5 Å². The first-order valence-electron chi connectivity index (χ1n) is 10.6. The molecule has 1 atom stereocenters. The lowest BCUT2D eigenvalue weighted by atomic mass is 9.96. The molecule has 8 nitrogen and oxygen atoms in total. The molecule has 0 spiro atoms. The standard InChI is InChI=1S/C23H25FN6O2/c1-28-12-17-20(23(32-3)29(2)27-17)13-9-19(21(25)26-11-13)30-8-4-5-18(30)16-10-14(24)6-7-15(16)22(28)31/h6-7,9-11,18H,4-5,8,12H2,1-3H3,(H2,25,26)/t18-/m1/s1. The predicted octanol–water partition coefficient (Wildman–Crippen LogP) is 3.14. The average Bonchev–Trinajstić information content (AvgIpc) is 3.37. The van der Waals surface area contributed by atoms with Crippen LogP contribution >= 0.6 is 0 Å². The molecule has 0 radical (unpaired) electrons. The van der Waals surface area contributed by atoms with E-state index in [0.717, 1.165) is 36.2 Å². The summed E-state index contributed by atoms with van der Waals surface area (Å²) in [6.45, 7) is 0.993. The van der Waals surface area contributed by atoms with Gasteiger partial charge >= 0.3 is 0 Å². The van der Waals surface area contributed by atoms with E-state index < -0.39 is 0 Å². The molecule has 2 aliphatic rings. The van der Waals surface area contributed by atoms with Crippen LogP contribution in [0.25, 0.3) is 11.1 Å². The summed E-state index contributed by atoms with van der Waals surface area (Å²) in [5, 5.41) is 4.61. The molecule has 9 heteroatoms. The zero-order valence-corrected chi connectivity index (χ0v) is 18.3. The first-order chi connectivity index (χ1) is 15.4. The van der Waals surface area contributed by atoms with Crippen molar-refractivity contribution < 1.29 is 13.9 Å². The van der Waals surface area contributed by atoms with Gasteiger partial charge in [0.25, 0.3) is 5.91 Å². The Kier molecular flexibility index (Phi) is 4.76. The molecule has 0 aliphatic carbocycles. The van der Waals surface area contributed by atoms with Crippen molar-refractivity contribution in [3.63, 3.8) is 0 Å². The summed E-state index contributed by atoms with van der Waals surface area (Å²) < 4.78 is 21.6. The van der Waals surface area contributed by atoms with Gasteiger partial charge in [0.2, 0.25) is 5.88 Å². The molecular formula is C23H25FN6O2. The van der Waals surface area contributed by atoms with E-state index >= 15 is 0 Å². The predicted molar refractivity (Wildman–Crippen MR) is 119 cm³/mol. The molecule has 1 fully saturated rings. The highest BCUT2D eigenvalue weighted by molar-refractivity contribution is 5.96. The number of carbonyl (C=O) groups excluding carboxylic acids is 1. The first-order valence-corrected chi connectivity index (χ1v) is 10.6. The van der Waals surface area contributed by atoms with E-state index in [9.17, 15) is 9.18 Å². The number of ether oxygens (including phenoxy) is 1. The van der Waals surface area contributed by atoms with Crippen LogP contribution in [-0.4, -0.2) is 46.3 Å². The number of fused-ring (bicyclic) bond motifs is 8. The van der Waals surface area contributed by atoms with Crippen LogP contribution in [-0.2, 0) is 13.6 Å². The van der Waals surface area contributed by atoms with E-state index in [0.29, 0.717) is 28.5 Å². The third-order valence-corrected chi connectivity index (χ3v) is 6.35. The smallest absolute Gasteiger partial charge is 0.254 e. The van der Waals surface area contributed by atoms with Gasteiger partial charge in [0.05, 0.1) is 36.6 Å². The third kappa shape index (κ3) is 3.07. The number of carbonyl (C=O) groups is 1. The Hall–Kier alpha value is -3.62. The minimum atomic E-state index is -0.366. The number of aryl methyl sites for hydroxylation is 1. The Morgan fingerprint density at radius 2 is 2.06 bits per heavy atom. The van der Waals surface area contributed by atoms with Gasteiger partial charge in [-0.25, -0.2) is 14.1 Å².